The molecule has 0 unspecified atom stereocenters. The van der Waals surface area contributed by atoms with Gasteiger partial charge in [-0.1, -0.05) is 84.1 Å². The summed E-state index contributed by atoms with van der Waals surface area (Å²) in [6, 6.07) is 6.22. The molecule has 2 nitrogen and oxygen atoms in total. The highest BCUT2D eigenvalue weighted by Crippen LogP contribution is 2.24. The Hall–Kier alpha value is -0.960. The molecule has 0 bridgehead atoms. The van der Waals surface area contributed by atoms with E-state index in [4.69, 9.17) is 9.97 Å². The molecule has 3 heteroatoms. The zero-order valence-corrected chi connectivity index (χ0v) is 19.0. The van der Waals surface area contributed by atoms with Gasteiger partial charge in [0, 0.05) is 4.47 Å². The van der Waals surface area contributed by atoms with Gasteiger partial charge < -0.3 is 0 Å². The van der Waals surface area contributed by atoms with Gasteiger partial charge in [-0.3, -0.25) is 0 Å². The van der Waals surface area contributed by atoms with Crippen LogP contribution >= 0.6 is 15.9 Å². The van der Waals surface area contributed by atoms with Crippen LogP contribution in [0, 0.1) is 0 Å². The molecule has 0 aliphatic rings. The second-order valence-corrected chi connectivity index (χ2v) is 8.61. The summed E-state index contributed by atoms with van der Waals surface area (Å²) in [7, 11) is 0. The maximum Gasteiger partial charge on any atom is 0.103 e. The molecule has 0 aliphatic carbocycles. The summed E-state index contributed by atoms with van der Waals surface area (Å²) in [6.07, 6.45) is 18.1. The maximum atomic E-state index is 5.03. The summed E-state index contributed by atoms with van der Waals surface area (Å²) in [5.74, 6) is 0. The molecule has 2 rings (SSSR count). The monoisotopic (exact) mass is 432 g/mol. The predicted molar refractivity (Wildman–Crippen MR) is 121 cm³/mol. The van der Waals surface area contributed by atoms with Crippen molar-refractivity contribution in [3.63, 3.8) is 0 Å². The van der Waals surface area contributed by atoms with Gasteiger partial charge in [-0.15, -0.1) is 0 Å². The molecule has 0 amide bonds. The van der Waals surface area contributed by atoms with Crippen molar-refractivity contribution < 1.29 is 0 Å². The van der Waals surface area contributed by atoms with Crippen LogP contribution in [-0.4, -0.2) is 9.97 Å². The molecule has 0 saturated carbocycles. The van der Waals surface area contributed by atoms with Crippen LogP contribution in [0.15, 0.2) is 22.7 Å². The predicted octanol–water partition coefficient (Wildman–Crippen LogP) is 8.20. The Morgan fingerprint density at radius 3 is 1.78 bits per heavy atom. The number of para-hydroxylation sites is 1. The third kappa shape index (κ3) is 7.89. The standard InChI is InChI=1S/C24H37BrN2/c1-3-5-7-9-11-13-17-21-22(18-14-12-10-8-6-4-2)27-24-20(25)16-15-19-23(24)26-21/h15-16,19H,3-14,17-18H2,1-2H3. The van der Waals surface area contributed by atoms with Gasteiger partial charge >= 0.3 is 0 Å². The van der Waals surface area contributed by atoms with Crippen LogP contribution in [0.2, 0.25) is 0 Å². The van der Waals surface area contributed by atoms with Crippen LogP contribution < -0.4 is 0 Å². The van der Waals surface area contributed by atoms with Crippen LogP contribution in [0.3, 0.4) is 0 Å². The van der Waals surface area contributed by atoms with Crippen molar-refractivity contribution in [1.29, 1.82) is 0 Å². The van der Waals surface area contributed by atoms with E-state index in [0.29, 0.717) is 0 Å². The highest BCUT2D eigenvalue weighted by Gasteiger charge is 2.10. The van der Waals surface area contributed by atoms with Gasteiger partial charge in [0.1, 0.15) is 5.52 Å². The number of halogens is 1. The Kier molecular flexibility index (Phi) is 11.0. The fourth-order valence-electron chi connectivity index (χ4n) is 3.66. The molecule has 0 aliphatic heterocycles. The lowest BCUT2D eigenvalue weighted by Crippen LogP contribution is -2.04. The molecular weight excluding hydrogens is 396 g/mol. The van der Waals surface area contributed by atoms with Crippen molar-refractivity contribution in [1.82, 2.24) is 9.97 Å². The summed E-state index contributed by atoms with van der Waals surface area (Å²) in [4.78, 5) is 10.0. The number of aryl methyl sites for hydroxylation is 2. The number of fused-ring (bicyclic) bond motifs is 1. The molecule has 1 aromatic heterocycles. The normalized spacial score (nSPS) is 11.4. The van der Waals surface area contributed by atoms with Crippen LogP contribution in [0.1, 0.15) is 102 Å². The largest absolute Gasteiger partial charge is 0.249 e. The smallest absolute Gasteiger partial charge is 0.103 e. The molecule has 0 spiro atoms. The van der Waals surface area contributed by atoms with Crippen LogP contribution in [-0.2, 0) is 12.8 Å². The highest BCUT2D eigenvalue weighted by atomic mass is 79.9. The van der Waals surface area contributed by atoms with E-state index in [1.807, 2.05) is 0 Å². The van der Waals surface area contributed by atoms with E-state index in [9.17, 15) is 0 Å². The number of nitrogens with zero attached hydrogens (tertiary/aromatic N) is 2. The third-order valence-corrected chi connectivity index (χ3v) is 5.97. The third-order valence-electron chi connectivity index (χ3n) is 5.34. The van der Waals surface area contributed by atoms with Gasteiger partial charge in [0.15, 0.2) is 0 Å². The molecule has 0 saturated heterocycles. The number of hydrogen-bond donors (Lipinski definition) is 0. The molecule has 150 valence electrons. The fraction of sp³-hybridized carbons (Fsp3) is 0.667. The molecule has 2 aromatic rings. The van der Waals surface area contributed by atoms with Crippen molar-refractivity contribution in [2.45, 2.75) is 104 Å². The molecular formula is C24H37BrN2. The molecule has 0 fully saturated rings. The molecule has 0 atom stereocenters. The summed E-state index contributed by atoms with van der Waals surface area (Å²) < 4.78 is 1.06. The van der Waals surface area contributed by atoms with Crippen LogP contribution in [0.25, 0.3) is 11.0 Å². The number of hydrogen-bond acceptors (Lipinski definition) is 2. The SMILES string of the molecule is CCCCCCCCc1nc2cccc(Br)c2nc1CCCCCCCC. The fourth-order valence-corrected chi connectivity index (χ4v) is 4.10. The molecule has 1 aromatic carbocycles. The Morgan fingerprint density at radius 1 is 0.667 bits per heavy atom. The summed E-state index contributed by atoms with van der Waals surface area (Å²) in [5.41, 5.74) is 4.52. The van der Waals surface area contributed by atoms with Crippen molar-refractivity contribution in [2.75, 3.05) is 0 Å². The Bertz CT molecular complexity index is 669. The molecule has 0 N–H and O–H groups in total. The number of unbranched alkanes of at least 4 members (excludes halogenated alkanes) is 10. The minimum absolute atomic E-state index is 1.02. The average molecular weight is 433 g/mol. The van der Waals surface area contributed by atoms with Gasteiger partial charge in [-0.05, 0) is 53.7 Å². The first-order valence-electron chi connectivity index (χ1n) is 11.2. The number of aromatic nitrogens is 2. The Labute approximate surface area is 174 Å². The second kappa shape index (κ2) is 13.3. The minimum atomic E-state index is 1.02. The van der Waals surface area contributed by atoms with Gasteiger partial charge in [0.05, 0.1) is 16.9 Å². The van der Waals surface area contributed by atoms with Crippen molar-refractivity contribution >= 4 is 27.0 Å². The van der Waals surface area contributed by atoms with Crippen molar-refractivity contribution in [3.8, 4) is 0 Å². The van der Waals surface area contributed by atoms with E-state index in [-0.39, 0.29) is 0 Å². The van der Waals surface area contributed by atoms with Crippen molar-refractivity contribution in [3.05, 3.63) is 34.1 Å². The summed E-state index contributed by atoms with van der Waals surface area (Å²) >= 11 is 3.65. The van der Waals surface area contributed by atoms with Crippen LogP contribution in [0.5, 0.6) is 0 Å². The zero-order chi connectivity index (χ0) is 19.3. The lowest BCUT2D eigenvalue weighted by Gasteiger charge is -2.11. The van der Waals surface area contributed by atoms with E-state index >= 15 is 0 Å². The molecule has 27 heavy (non-hydrogen) atoms. The van der Waals surface area contributed by atoms with Crippen LogP contribution in [0.4, 0.5) is 0 Å². The highest BCUT2D eigenvalue weighted by molar-refractivity contribution is 9.10. The van der Waals surface area contributed by atoms with E-state index in [2.05, 4.69) is 48.0 Å². The van der Waals surface area contributed by atoms with Gasteiger partial charge in [-0.2, -0.15) is 0 Å². The Morgan fingerprint density at radius 2 is 1.19 bits per heavy atom. The van der Waals surface area contributed by atoms with Crippen molar-refractivity contribution in [2.24, 2.45) is 0 Å². The van der Waals surface area contributed by atoms with Gasteiger partial charge in [-0.25, -0.2) is 9.97 Å². The first-order chi connectivity index (χ1) is 13.3. The Balaban J connectivity index is 1.98. The number of rotatable bonds is 14. The lowest BCUT2D eigenvalue weighted by atomic mass is 10.0. The second-order valence-electron chi connectivity index (χ2n) is 7.76. The lowest BCUT2D eigenvalue weighted by molar-refractivity contribution is 0.593. The maximum absolute atomic E-state index is 5.03. The molecule has 0 radical (unpaired) electrons. The summed E-state index contributed by atoms with van der Waals surface area (Å²) in [6.45, 7) is 4.55. The quantitative estimate of drug-likeness (QED) is 0.281. The summed E-state index contributed by atoms with van der Waals surface area (Å²) in [5, 5.41) is 0. The minimum Gasteiger partial charge on any atom is -0.249 e. The average Bonchev–Trinajstić information content (AvgIpc) is 2.68. The van der Waals surface area contributed by atoms with Gasteiger partial charge in [0.2, 0.25) is 0 Å². The van der Waals surface area contributed by atoms with E-state index in [1.165, 1.54) is 88.4 Å². The van der Waals surface area contributed by atoms with E-state index < -0.39 is 0 Å². The van der Waals surface area contributed by atoms with E-state index in [0.717, 1.165) is 28.3 Å². The zero-order valence-electron chi connectivity index (χ0n) is 17.4. The molecule has 1 heterocycles. The first kappa shape index (κ1) is 22.3. The first-order valence-corrected chi connectivity index (χ1v) is 12.0. The van der Waals surface area contributed by atoms with E-state index in [1.54, 1.807) is 0 Å². The topological polar surface area (TPSA) is 25.8 Å². The van der Waals surface area contributed by atoms with Gasteiger partial charge in [0.25, 0.3) is 0 Å². The number of benzene rings is 1.